The number of fused-ring (bicyclic) bond motifs is 1. The molecule has 3 rings (SSSR count). The van der Waals surface area contributed by atoms with Gasteiger partial charge in [0.15, 0.2) is 0 Å². The average Bonchev–Trinajstić information content (AvgIpc) is 2.90. The highest BCUT2D eigenvalue weighted by Crippen LogP contribution is 2.44. The molecule has 0 spiro atoms. The average molecular weight is 327 g/mol. The summed E-state index contributed by atoms with van der Waals surface area (Å²) in [6.07, 6.45) is 0.946. The van der Waals surface area contributed by atoms with E-state index in [1.54, 1.807) is 0 Å². The van der Waals surface area contributed by atoms with Crippen molar-refractivity contribution in [1.82, 2.24) is 0 Å². The van der Waals surface area contributed by atoms with E-state index >= 15 is 0 Å². The van der Waals surface area contributed by atoms with Crippen LogP contribution in [-0.2, 0) is 12.2 Å². The number of nitrogens with two attached hydrogens (primary N) is 1. The first-order valence-electron chi connectivity index (χ1n) is 8.10. The minimum atomic E-state index is -0.141. The summed E-state index contributed by atoms with van der Waals surface area (Å²) in [5.74, 6) is 3.07. The van der Waals surface area contributed by atoms with Crippen LogP contribution in [0.2, 0.25) is 0 Å². The van der Waals surface area contributed by atoms with Gasteiger partial charge in [0.1, 0.15) is 11.4 Å². The van der Waals surface area contributed by atoms with Gasteiger partial charge in [0, 0.05) is 29.2 Å². The molecule has 0 amide bonds. The topological polar surface area (TPSA) is 35.2 Å². The van der Waals surface area contributed by atoms with Gasteiger partial charge in [0.05, 0.1) is 0 Å². The van der Waals surface area contributed by atoms with Crippen LogP contribution in [0.5, 0.6) is 5.75 Å². The highest BCUT2D eigenvalue weighted by atomic mass is 32.2. The third-order valence-corrected chi connectivity index (χ3v) is 6.21. The predicted octanol–water partition coefficient (Wildman–Crippen LogP) is 4.82. The first kappa shape index (κ1) is 16.3. The van der Waals surface area contributed by atoms with E-state index in [0.29, 0.717) is 0 Å². The molecule has 0 aromatic heterocycles. The molecule has 23 heavy (non-hydrogen) atoms. The van der Waals surface area contributed by atoms with E-state index in [0.717, 1.165) is 34.9 Å². The van der Waals surface area contributed by atoms with Gasteiger partial charge in [-0.1, -0.05) is 30.3 Å². The summed E-state index contributed by atoms with van der Waals surface area (Å²) in [5, 5.41) is 0. The summed E-state index contributed by atoms with van der Waals surface area (Å²) in [5.41, 5.74) is 13.2. The van der Waals surface area contributed by atoms with Gasteiger partial charge in [0.25, 0.3) is 0 Å². The fourth-order valence-electron chi connectivity index (χ4n) is 3.26. The molecule has 1 atom stereocenters. The van der Waals surface area contributed by atoms with Crippen molar-refractivity contribution >= 4 is 17.4 Å². The summed E-state index contributed by atoms with van der Waals surface area (Å²) in [4.78, 5) is 0. The van der Waals surface area contributed by atoms with Crippen molar-refractivity contribution in [2.24, 2.45) is 0 Å². The van der Waals surface area contributed by atoms with E-state index in [2.05, 4.69) is 58.0 Å². The van der Waals surface area contributed by atoms with E-state index in [1.165, 1.54) is 22.3 Å². The van der Waals surface area contributed by atoms with E-state index in [9.17, 15) is 0 Å². The first-order chi connectivity index (χ1) is 10.9. The number of thioether (sulfide) groups is 1. The van der Waals surface area contributed by atoms with Gasteiger partial charge in [-0.25, -0.2) is 0 Å². The fraction of sp³-hybridized carbons (Fsp3) is 0.400. The number of hydrogen-bond donors (Lipinski definition) is 1. The zero-order valence-corrected chi connectivity index (χ0v) is 15.2. The maximum Gasteiger partial charge on any atom is 0.127 e. The van der Waals surface area contributed by atoms with Crippen molar-refractivity contribution < 1.29 is 4.74 Å². The largest absolute Gasteiger partial charge is 0.486 e. The summed E-state index contributed by atoms with van der Waals surface area (Å²) >= 11 is 1.94. The van der Waals surface area contributed by atoms with E-state index in [4.69, 9.17) is 10.5 Å². The molecule has 0 radical (unpaired) electrons. The molecular formula is C20H25NOS. The maximum absolute atomic E-state index is 6.40. The summed E-state index contributed by atoms with van der Waals surface area (Å²) in [7, 11) is 0. The minimum absolute atomic E-state index is 0.141. The molecule has 1 aliphatic rings. The number of ether oxygens (including phenoxy) is 1. The predicted molar refractivity (Wildman–Crippen MR) is 100 cm³/mol. The molecule has 3 heteroatoms. The number of benzene rings is 2. The van der Waals surface area contributed by atoms with E-state index in [-0.39, 0.29) is 5.60 Å². The number of hydrogen-bond acceptors (Lipinski definition) is 3. The lowest BCUT2D eigenvalue weighted by Crippen LogP contribution is -2.33. The van der Waals surface area contributed by atoms with Crippen LogP contribution in [0.1, 0.15) is 34.7 Å². The Balaban J connectivity index is 1.73. The van der Waals surface area contributed by atoms with Crippen molar-refractivity contribution in [1.29, 1.82) is 0 Å². The Morgan fingerprint density at radius 1 is 1.09 bits per heavy atom. The summed E-state index contributed by atoms with van der Waals surface area (Å²) in [6, 6.07) is 10.6. The monoisotopic (exact) mass is 327 g/mol. The molecule has 0 aliphatic carbocycles. The standard InChI is InChI=1S/C20H25NOS/c1-13-14(2)19-17(15(3)18(13)21)10-20(4,22-19)12-23-11-16-8-6-5-7-9-16/h5-9H,10-12,21H2,1-4H3. The zero-order chi connectivity index (χ0) is 16.6. The molecule has 2 N–H and O–H groups in total. The van der Waals surface area contributed by atoms with Crippen LogP contribution in [0.3, 0.4) is 0 Å². The van der Waals surface area contributed by atoms with Gasteiger partial charge in [-0.2, -0.15) is 11.8 Å². The fourth-order valence-corrected chi connectivity index (χ4v) is 4.38. The molecule has 0 saturated carbocycles. The zero-order valence-electron chi connectivity index (χ0n) is 14.4. The van der Waals surface area contributed by atoms with Gasteiger partial charge >= 0.3 is 0 Å². The second kappa shape index (κ2) is 6.12. The lowest BCUT2D eigenvalue weighted by Gasteiger charge is -2.24. The van der Waals surface area contributed by atoms with Crippen LogP contribution >= 0.6 is 11.8 Å². The van der Waals surface area contributed by atoms with Gasteiger partial charge in [-0.3, -0.25) is 0 Å². The molecule has 0 fully saturated rings. The second-order valence-electron chi connectivity index (χ2n) is 6.80. The molecule has 0 bridgehead atoms. The van der Waals surface area contributed by atoms with Crippen LogP contribution < -0.4 is 10.5 Å². The van der Waals surface area contributed by atoms with Crippen LogP contribution in [0.4, 0.5) is 5.69 Å². The Kier molecular flexibility index (Phi) is 4.33. The molecule has 0 saturated heterocycles. The molecule has 1 aliphatic heterocycles. The van der Waals surface area contributed by atoms with Crippen LogP contribution in [0.15, 0.2) is 30.3 Å². The van der Waals surface area contributed by atoms with Crippen LogP contribution in [0.25, 0.3) is 0 Å². The smallest absolute Gasteiger partial charge is 0.127 e. The quantitative estimate of drug-likeness (QED) is 0.818. The molecule has 2 aromatic carbocycles. The number of rotatable bonds is 4. The third kappa shape index (κ3) is 3.07. The van der Waals surface area contributed by atoms with Crippen molar-refractivity contribution in [3.05, 3.63) is 58.1 Å². The molecule has 1 heterocycles. The number of nitrogen functional groups attached to an aromatic ring is 1. The normalized spacial score (nSPS) is 19.5. The Bertz CT molecular complexity index is 687. The third-order valence-electron chi connectivity index (χ3n) is 4.86. The van der Waals surface area contributed by atoms with Crippen molar-refractivity contribution in [3.63, 3.8) is 0 Å². The number of anilines is 1. The van der Waals surface area contributed by atoms with Crippen molar-refractivity contribution in [3.8, 4) is 5.75 Å². The lowest BCUT2D eigenvalue weighted by atomic mass is 9.93. The van der Waals surface area contributed by atoms with Gasteiger partial charge in [0.2, 0.25) is 0 Å². The van der Waals surface area contributed by atoms with E-state index in [1.807, 2.05) is 11.8 Å². The molecule has 1 unspecified atom stereocenters. The Hall–Kier alpha value is -1.61. The van der Waals surface area contributed by atoms with Crippen LogP contribution in [0, 0.1) is 20.8 Å². The Labute approximate surface area is 143 Å². The van der Waals surface area contributed by atoms with Crippen molar-refractivity contribution in [2.75, 3.05) is 11.5 Å². The molecular weight excluding hydrogens is 302 g/mol. The molecule has 122 valence electrons. The minimum Gasteiger partial charge on any atom is -0.486 e. The Morgan fingerprint density at radius 3 is 2.48 bits per heavy atom. The van der Waals surface area contributed by atoms with Crippen molar-refractivity contribution in [2.45, 2.75) is 45.5 Å². The molecule has 2 nitrogen and oxygen atoms in total. The molecule has 2 aromatic rings. The lowest BCUT2D eigenvalue weighted by molar-refractivity contribution is 0.143. The highest BCUT2D eigenvalue weighted by Gasteiger charge is 2.37. The SMILES string of the molecule is Cc1c(C)c2c(c(C)c1N)CC(C)(CSCc1ccccc1)O2. The van der Waals surface area contributed by atoms with Gasteiger partial charge in [-0.15, -0.1) is 0 Å². The summed E-state index contributed by atoms with van der Waals surface area (Å²) < 4.78 is 6.40. The summed E-state index contributed by atoms with van der Waals surface area (Å²) in [6.45, 7) is 8.54. The maximum atomic E-state index is 6.40. The van der Waals surface area contributed by atoms with Gasteiger partial charge < -0.3 is 10.5 Å². The van der Waals surface area contributed by atoms with E-state index < -0.39 is 0 Å². The Morgan fingerprint density at radius 2 is 1.78 bits per heavy atom. The highest BCUT2D eigenvalue weighted by molar-refractivity contribution is 7.98. The van der Waals surface area contributed by atoms with Gasteiger partial charge in [-0.05, 0) is 49.9 Å². The van der Waals surface area contributed by atoms with Crippen LogP contribution in [-0.4, -0.2) is 11.4 Å². The first-order valence-corrected chi connectivity index (χ1v) is 9.25. The second-order valence-corrected chi connectivity index (χ2v) is 7.79.